The molecule has 24 heavy (non-hydrogen) atoms. The minimum Gasteiger partial charge on any atom is -0.396 e. The van der Waals surface area contributed by atoms with Gasteiger partial charge in [-0.15, -0.1) is 13.2 Å². The average Bonchev–Trinajstić information content (AvgIpc) is 3.01. The smallest absolute Gasteiger partial charge is 0.168 e. The van der Waals surface area contributed by atoms with Crippen molar-refractivity contribution in [3.8, 4) is 0 Å². The molecule has 0 amide bonds. The molecular weight excluding hydrogens is 304 g/mol. The molecular formula is C20H32O4. The summed E-state index contributed by atoms with van der Waals surface area (Å²) in [7, 11) is 0. The Morgan fingerprint density at radius 1 is 1.12 bits per heavy atom. The summed E-state index contributed by atoms with van der Waals surface area (Å²) in [6.07, 6.45) is 6.07. The zero-order valence-electron chi connectivity index (χ0n) is 15.0. The molecule has 4 nitrogen and oxygen atoms in total. The Bertz CT molecular complexity index is 490. The molecule has 0 radical (unpaired) electrons. The van der Waals surface area contributed by atoms with Gasteiger partial charge < -0.3 is 19.7 Å². The van der Waals surface area contributed by atoms with E-state index >= 15 is 0 Å². The number of hydrogen-bond donors (Lipinski definition) is 2. The van der Waals surface area contributed by atoms with Crippen molar-refractivity contribution in [3.63, 3.8) is 0 Å². The number of aliphatic hydroxyl groups excluding tert-OH is 2. The van der Waals surface area contributed by atoms with Gasteiger partial charge in [0.25, 0.3) is 0 Å². The summed E-state index contributed by atoms with van der Waals surface area (Å²) in [6.45, 7) is 13.4. The molecule has 1 unspecified atom stereocenters. The standard InChI is InChI=1S/C20H32O4/c1-5-7-14-15-9-20(23-12-18(3,4)13-24-20)10-16(15)19(11-21,8-6-2)17(14)22/h5-6,14-17,21-22H,1-2,7-13H2,3-4H3/t14-,15-,16-,17?,19-/m0/s1. The summed E-state index contributed by atoms with van der Waals surface area (Å²) in [5, 5.41) is 21.2. The van der Waals surface area contributed by atoms with E-state index in [0.717, 1.165) is 19.3 Å². The van der Waals surface area contributed by atoms with E-state index in [-0.39, 0.29) is 29.8 Å². The lowest BCUT2D eigenvalue weighted by Gasteiger charge is -2.44. The van der Waals surface area contributed by atoms with E-state index in [2.05, 4.69) is 27.0 Å². The third-order valence-corrected chi connectivity index (χ3v) is 6.59. The van der Waals surface area contributed by atoms with Gasteiger partial charge in [-0.1, -0.05) is 26.0 Å². The van der Waals surface area contributed by atoms with E-state index in [9.17, 15) is 10.2 Å². The van der Waals surface area contributed by atoms with Crippen LogP contribution < -0.4 is 0 Å². The number of rotatable bonds is 5. The number of allylic oxidation sites excluding steroid dienone is 2. The number of hydrogen-bond acceptors (Lipinski definition) is 4. The molecule has 1 aliphatic heterocycles. The molecule has 4 heteroatoms. The second-order valence-electron chi connectivity index (χ2n) is 8.85. The van der Waals surface area contributed by atoms with Gasteiger partial charge in [-0.2, -0.15) is 0 Å². The minimum absolute atomic E-state index is 0.0312. The molecule has 1 heterocycles. The van der Waals surface area contributed by atoms with E-state index in [1.165, 1.54) is 0 Å². The van der Waals surface area contributed by atoms with Crippen molar-refractivity contribution in [1.29, 1.82) is 0 Å². The molecule has 1 spiro atoms. The first-order valence-corrected chi connectivity index (χ1v) is 9.12. The molecule has 3 fully saturated rings. The molecule has 2 saturated carbocycles. The molecule has 0 bridgehead atoms. The van der Waals surface area contributed by atoms with Crippen molar-refractivity contribution < 1.29 is 19.7 Å². The van der Waals surface area contributed by atoms with E-state index in [0.29, 0.717) is 19.6 Å². The second-order valence-corrected chi connectivity index (χ2v) is 8.85. The lowest BCUT2D eigenvalue weighted by Crippen LogP contribution is -2.48. The summed E-state index contributed by atoms with van der Waals surface area (Å²) < 4.78 is 12.4. The van der Waals surface area contributed by atoms with Crippen LogP contribution in [0, 0.1) is 28.6 Å². The third-order valence-electron chi connectivity index (χ3n) is 6.59. The normalized spacial score (nSPS) is 42.8. The van der Waals surface area contributed by atoms with Gasteiger partial charge in [-0.3, -0.25) is 0 Å². The van der Waals surface area contributed by atoms with Crippen molar-refractivity contribution in [2.24, 2.45) is 28.6 Å². The fourth-order valence-electron chi connectivity index (χ4n) is 5.32. The first kappa shape index (κ1) is 18.1. The highest BCUT2D eigenvalue weighted by Crippen LogP contribution is 2.63. The Hall–Kier alpha value is -0.680. The molecule has 3 rings (SSSR count). The molecule has 5 atom stereocenters. The highest BCUT2D eigenvalue weighted by Gasteiger charge is 2.65. The van der Waals surface area contributed by atoms with Gasteiger partial charge in [0, 0.05) is 23.7 Å². The van der Waals surface area contributed by atoms with Crippen molar-refractivity contribution in [3.05, 3.63) is 25.3 Å². The van der Waals surface area contributed by atoms with E-state index in [1.807, 2.05) is 12.2 Å². The fraction of sp³-hybridized carbons (Fsp3) is 0.800. The van der Waals surface area contributed by atoms with Gasteiger partial charge in [0.2, 0.25) is 0 Å². The average molecular weight is 336 g/mol. The first-order valence-electron chi connectivity index (χ1n) is 9.12. The van der Waals surface area contributed by atoms with Crippen molar-refractivity contribution in [2.45, 2.75) is 51.4 Å². The van der Waals surface area contributed by atoms with Gasteiger partial charge >= 0.3 is 0 Å². The van der Waals surface area contributed by atoms with Crippen molar-refractivity contribution >= 4 is 0 Å². The van der Waals surface area contributed by atoms with Crippen molar-refractivity contribution in [1.82, 2.24) is 0 Å². The summed E-state index contributed by atoms with van der Waals surface area (Å²) in [5.74, 6) is 0.0144. The monoisotopic (exact) mass is 336 g/mol. The van der Waals surface area contributed by atoms with Crippen molar-refractivity contribution in [2.75, 3.05) is 19.8 Å². The van der Waals surface area contributed by atoms with Gasteiger partial charge in [-0.25, -0.2) is 0 Å². The van der Waals surface area contributed by atoms with E-state index < -0.39 is 17.3 Å². The maximum Gasteiger partial charge on any atom is 0.168 e. The molecule has 136 valence electrons. The molecule has 2 N–H and O–H groups in total. The van der Waals surface area contributed by atoms with Crippen LogP contribution in [-0.2, 0) is 9.47 Å². The Kier molecular flexibility index (Phi) is 4.71. The lowest BCUT2D eigenvalue weighted by atomic mass is 9.72. The van der Waals surface area contributed by atoms with Crippen LogP contribution in [0.2, 0.25) is 0 Å². The van der Waals surface area contributed by atoms with Crippen LogP contribution in [0.25, 0.3) is 0 Å². The highest BCUT2D eigenvalue weighted by molar-refractivity contribution is 5.14. The predicted octanol–water partition coefficient (Wildman–Crippen LogP) is 2.90. The van der Waals surface area contributed by atoms with Gasteiger partial charge in [0.1, 0.15) is 0 Å². The van der Waals surface area contributed by atoms with Crippen LogP contribution >= 0.6 is 0 Å². The zero-order valence-corrected chi connectivity index (χ0v) is 15.0. The summed E-state index contributed by atoms with van der Waals surface area (Å²) in [6, 6.07) is 0. The predicted molar refractivity (Wildman–Crippen MR) is 93.3 cm³/mol. The minimum atomic E-state index is -0.550. The lowest BCUT2D eigenvalue weighted by molar-refractivity contribution is -0.300. The largest absolute Gasteiger partial charge is 0.396 e. The zero-order chi connectivity index (χ0) is 17.6. The van der Waals surface area contributed by atoms with Gasteiger partial charge in [0.05, 0.1) is 25.9 Å². The first-order chi connectivity index (χ1) is 11.3. The van der Waals surface area contributed by atoms with E-state index in [1.54, 1.807) is 0 Å². The molecule has 0 aromatic carbocycles. The number of fused-ring (bicyclic) bond motifs is 1. The highest BCUT2D eigenvalue weighted by atomic mass is 16.7. The second kappa shape index (κ2) is 6.24. The van der Waals surface area contributed by atoms with E-state index in [4.69, 9.17) is 9.47 Å². The summed E-state index contributed by atoms with van der Waals surface area (Å²) >= 11 is 0. The summed E-state index contributed by atoms with van der Waals surface area (Å²) in [5.41, 5.74) is -0.499. The number of aliphatic hydroxyl groups is 2. The van der Waals surface area contributed by atoms with Crippen LogP contribution in [0.3, 0.4) is 0 Å². The summed E-state index contributed by atoms with van der Waals surface area (Å²) in [4.78, 5) is 0. The van der Waals surface area contributed by atoms with Crippen LogP contribution in [0.5, 0.6) is 0 Å². The van der Waals surface area contributed by atoms with Gasteiger partial charge in [-0.05, 0) is 30.6 Å². The topological polar surface area (TPSA) is 58.9 Å². The fourth-order valence-corrected chi connectivity index (χ4v) is 5.32. The van der Waals surface area contributed by atoms with Crippen LogP contribution in [0.4, 0.5) is 0 Å². The third kappa shape index (κ3) is 2.68. The maximum absolute atomic E-state index is 11.0. The Morgan fingerprint density at radius 2 is 1.79 bits per heavy atom. The van der Waals surface area contributed by atoms with Crippen LogP contribution in [-0.4, -0.2) is 41.9 Å². The maximum atomic E-state index is 11.0. The Balaban J connectivity index is 1.89. The van der Waals surface area contributed by atoms with Crippen LogP contribution in [0.1, 0.15) is 39.5 Å². The molecule has 0 aromatic rings. The Morgan fingerprint density at radius 3 is 2.33 bits per heavy atom. The number of ether oxygens (including phenoxy) is 2. The Labute approximate surface area is 145 Å². The van der Waals surface area contributed by atoms with Gasteiger partial charge in [0.15, 0.2) is 5.79 Å². The quantitative estimate of drug-likeness (QED) is 0.758. The molecule has 1 saturated heterocycles. The van der Waals surface area contributed by atoms with Crippen LogP contribution in [0.15, 0.2) is 25.3 Å². The molecule has 3 aliphatic rings. The molecule has 0 aromatic heterocycles. The SMILES string of the molecule is C=CC[C@@H]1C(O)[C@](CO)(CC=C)[C@H]2CC3(C[C@@H]12)OCC(C)(C)CO3. The molecule has 2 aliphatic carbocycles.